The van der Waals surface area contributed by atoms with Crippen LogP contribution in [0.3, 0.4) is 0 Å². The predicted octanol–water partition coefficient (Wildman–Crippen LogP) is -6.05. The normalized spacial score (nSPS) is 4.00. The molecule has 0 radical (unpaired) electrons. The van der Waals surface area contributed by atoms with Gasteiger partial charge in [-0.05, 0) is 0 Å². The van der Waals surface area contributed by atoms with Crippen molar-refractivity contribution in [1.29, 1.82) is 0 Å². The van der Waals surface area contributed by atoms with Crippen LogP contribution < -0.4 is 29.6 Å². The Balaban J connectivity index is -0.00000000800. The summed E-state index contributed by atoms with van der Waals surface area (Å²) in [5.41, 5.74) is 0. The Labute approximate surface area is 88.5 Å². The van der Waals surface area contributed by atoms with Gasteiger partial charge < -0.3 is 28.3 Å². The second-order valence-corrected chi connectivity index (χ2v) is 0.476. The third kappa shape index (κ3) is 1230. The first kappa shape index (κ1) is 42.8. The molecule has 8 N–H and O–H groups in total. The first-order chi connectivity index (χ1) is 3.46. The van der Waals surface area contributed by atoms with Gasteiger partial charge >= 0.3 is 29.6 Å². The van der Waals surface area contributed by atoms with Crippen LogP contribution in [-0.4, -0.2) is 37.0 Å². The van der Waals surface area contributed by atoms with Crippen LogP contribution in [0.25, 0.3) is 0 Å². The van der Waals surface area contributed by atoms with E-state index in [0.29, 0.717) is 0 Å². The van der Waals surface area contributed by atoms with Crippen molar-refractivity contribution < 1.29 is 68.0 Å². The molecule has 0 spiro atoms. The maximum atomic E-state index is 8.36. The molecule has 0 amide bonds. The molecule has 0 bridgehead atoms. The molecule has 0 heterocycles. The van der Waals surface area contributed by atoms with Crippen LogP contribution in [-0.2, 0) is 0 Å². The standard InChI is InChI=1S/2HNO3.Na.3H2O.H/c2*2-1(3)4;;;;;/h2*(H,2,3,4);;3*1H2;/q;;+1;;;;-1. The van der Waals surface area contributed by atoms with E-state index in [4.69, 9.17) is 30.6 Å². The van der Waals surface area contributed by atoms with Crippen LogP contribution in [0.4, 0.5) is 0 Å². The maximum Gasteiger partial charge on any atom is 1.00 e. The molecule has 0 saturated heterocycles. The summed E-state index contributed by atoms with van der Waals surface area (Å²) in [7, 11) is 0. The topological polar surface area (TPSA) is 221 Å². The average molecular weight is 204 g/mol. The Morgan fingerprint density at radius 2 is 0.917 bits per heavy atom. The largest absolute Gasteiger partial charge is 1.00 e. The van der Waals surface area contributed by atoms with E-state index in [1.54, 1.807) is 0 Å². The molecule has 0 atom stereocenters. The van der Waals surface area contributed by atoms with Crippen molar-refractivity contribution in [2.24, 2.45) is 0 Å². The molecule has 0 aromatic carbocycles. The Bertz CT molecular complexity index is 75.6. The zero-order chi connectivity index (χ0) is 7.15. The minimum absolute atomic E-state index is 0. The number of hydrogen-bond acceptors (Lipinski definition) is 4. The van der Waals surface area contributed by atoms with Crippen LogP contribution in [0.5, 0.6) is 0 Å². The Kier molecular flexibility index (Phi) is 113. The fourth-order valence-corrected chi connectivity index (χ4v) is 0. The van der Waals surface area contributed by atoms with Crippen molar-refractivity contribution in [3.63, 3.8) is 0 Å². The van der Waals surface area contributed by atoms with E-state index >= 15 is 0 Å². The van der Waals surface area contributed by atoms with Gasteiger partial charge in [-0.15, -0.1) is 20.2 Å². The summed E-state index contributed by atoms with van der Waals surface area (Å²) in [5.74, 6) is 0. The van der Waals surface area contributed by atoms with Gasteiger partial charge in [-0.2, -0.15) is 0 Å². The molecule has 12 heavy (non-hydrogen) atoms. The van der Waals surface area contributed by atoms with E-state index < -0.39 is 10.2 Å². The maximum absolute atomic E-state index is 8.36. The van der Waals surface area contributed by atoms with Crippen LogP contribution in [0, 0.1) is 20.2 Å². The van der Waals surface area contributed by atoms with Gasteiger partial charge in [0.05, 0.1) is 0 Å². The fraction of sp³-hybridized carbons (Fsp3) is 0. The van der Waals surface area contributed by atoms with E-state index in [-0.39, 0.29) is 47.4 Å². The van der Waals surface area contributed by atoms with Crippen molar-refractivity contribution >= 4 is 0 Å². The van der Waals surface area contributed by atoms with Gasteiger partial charge in [0.15, 0.2) is 0 Å². The van der Waals surface area contributed by atoms with Crippen molar-refractivity contribution in [2.45, 2.75) is 0 Å². The second kappa shape index (κ2) is 31.8. The Morgan fingerprint density at radius 3 is 0.917 bits per heavy atom. The number of hydrogen-bond donors (Lipinski definition) is 2. The molecule has 0 aromatic heterocycles. The summed E-state index contributed by atoms with van der Waals surface area (Å²) < 4.78 is 0. The van der Waals surface area contributed by atoms with Crippen molar-refractivity contribution in [2.75, 3.05) is 0 Å². The summed E-state index contributed by atoms with van der Waals surface area (Å²) in [6.45, 7) is 0. The molecule has 0 aliphatic heterocycles. The molecule has 0 fully saturated rings. The summed E-state index contributed by atoms with van der Waals surface area (Å²) in [4.78, 5) is 16.7. The predicted molar refractivity (Wildman–Crippen MR) is 29.5 cm³/mol. The van der Waals surface area contributed by atoms with E-state index in [1.807, 2.05) is 0 Å². The first-order valence-electron chi connectivity index (χ1n) is 1.13. The van der Waals surface area contributed by atoms with Gasteiger partial charge in [0, 0.05) is 0 Å². The van der Waals surface area contributed by atoms with Crippen LogP contribution in [0.15, 0.2) is 0 Å². The van der Waals surface area contributed by atoms with Gasteiger partial charge in [-0.3, -0.25) is 0 Å². The van der Waals surface area contributed by atoms with E-state index in [1.165, 1.54) is 0 Å². The van der Waals surface area contributed by atoms with Gasteiger partial charge in [-0.25, -0.2) is 0 Å². The van der Waals surface area contributed by atoms with Crippen molar-refractivity contribution in [3.05, 3.63) is 20.2 Å². The molecular weight excluding hydrogens is 195 g/mol. The number of nitrogens with zero attached hydrogens (tertiary/aromatic N) is 2. The van der Waals surface area contributed by atoms with Gasteiger partial charge in [0.1, 0.15) is 0 Å². The molecule has 0 aliphatic rings. The SMILES string of the molecule is O.O.O.O=[N+]([O-])O.O=[N+]([O-])O.[H-].[Na+]. The molecule has 74 valence electrons. The molecule has 0 rings (SSSR count). The molecule has 12 heteroatoms. The van der Waals surface area contributed by atoms with Crippen molar-refractivity contribution in [1.82, 2.24) is 0 Å². The smallest absolute Gasteiger partial charge is 1.00 e. The van der Waals surface area contributed by atoms with Gasteiger partial charge in [0.25, 0.3) is 10.2 Å². The summed E-state index contributed by atoms with van der Waals surface area (Å²) >= 11 is 0. The zero-order valence-corrected chi connectivity index (χ0v) is 7.92. The summed E-state index contributed by atoms with van der Waals surface area (Å²) in [6, 6.07) is 0. The van der Waals surface area contributed by atoms with E-state index in [0.717, 1.165) is 0 Å². The zero-order valence-electron chi connectivity index (χ0n) is 6.92. The quantitative estimate of drug-likeness (QED) is 0.221. The Hall–Kier alpha value is -0.720. The summed E-state index contributed by atoms with van der Waals surface area (Å²) in [5, 5.41) is 27.3. The Morgan fingerprint density at radius 1 is 0.917 bits per heavy atom. The second-order valence-electron chi connectivity index (χ2n) is 0.476. The monoisotopic (exact) mass is 204 g/mol. The van der Waals surface area contributed by atoms with Gasteiger partial charge in [-0.1, -0.05) is 0 Å². The van der Waals surface area contributed by atoms with Gasteiger partial charge in [0.2, 0.25) is 0 Å². The molecular formula is H9N2NaO9. The van der Waals surface area contributed by atoms with E-state index in [2.05, 4.69) is 0 Å². The average Bonchev–Trinajstić information content (AvgIpc) is 1.25. The molecule has 0 unspecified atom stereocenters. The summed E-state index contributed by atoms with van der Waals surface area (Å²) in [6.07, 6.45) is 0. The molecule has 0 aliphatic carbocycles. The van der Waals surface area contributed by atoms with E-state index in [9.17, 15) is 0 Å². The first-order valence-corrected chi connectivity index (χ1v) is 1.13. The minimum Gasteiger partial charge on any atom is -1.00 e. The van der Waals surface area contributed by atoms with Crippen LogP contribution >= 0.6 is 0 Å². The molecule has 0 saturated carbocycles. The third-order valence-electron chi connectivity index (χ3n) is 0. The fourth-order valence-electron chi connectivity index (χ4n) is 0. The van der Waals surface area contributed by atoms with Crippen LogP contribution in [0.1, 0.15) is 1.43 Å². The number of rotatable bonds is 0. The van der Waals surface area contributed by atoms with Crippen molar-refractivity contribution in [3.8, 4) is 0 Å². The minimum atomic E-state index is -1.50. The molecule has 0 aromatic rings. The van der Waals surface area contributed by atoms with Crippen LogP contribution in [0.2, 0.25) is 0 Å². The molecule has 11 nitrogen and oxygen atoms in total. The third-order valence-corrected chi connectivity index (χ3v) is 0.